The largest absolute Gasteiger partial charge is 0.513 e. The highest BCUT2D eigenvalue weighted by Gasteiger charge is 2.67. The quantitative estimate of drug-likeness (QED) is 0.704. The third-order valence-corrected chi connectivity index (χ3v) is 5.34. The Morgan fingerprint density at radius 3 is 2.68 bits per heavy atom. The number of hydrogen-bond acceptors (Lipinski definition) is 5. The zero-order valence-corrected chi connectivity index (χ0v) is 11.7. The van der Waals surface area contributed by atoms with Crippen LogP contribution in [0.15, 0.2) is 11.8 Å². The summed E-state index contributed by atoms with van der Waals surface area (Å²) in [6.45, 7) is 3.87. The van der Waals surface area contributed by atoms with Crippen molar-refractivity contribution in [1.82, 2.24) is 0 Å². The molecule has 5 nitrogen and oxygen atoms in total. The van der Waals surface area contributed by atoms with Gasteiger partial charge < -0.3 is 10.8 Å². The summed E-state index contributed by atoms with van der Waals surface area (Å²) in [4.78, 5) is 23.9. The summed E-state index contributed by atoms with van der Waals surface area (Å²) >= 11 is 1.23. The first-order valence-corrected chi connectivity index (χ1v) is 6.97. The van der Waals surface area contributed by atoms with Crippen molar-refractivity contribution >= 4 is 23.5 Å². The van der Waals surface area contributed by atoms with E-state index in [4.69, 9.17) is 5.73 Å². The Balaban J connectivity index is 2.66. The summed E-state index contributed by atoms with van der Waals surface area (Å²) < 4.78 is -1.05. The third-order valence-electron chi connectivity index (χ3n) is 3.85. The molecule has 0 bridgehead atoms. The highest BCUT2D eigenvalue weighted by Crippen LogP contribution is 2.59. The van der Waals surface area contributed by atoms with Gasteiger partial charge in [0.2, 0.25) is 11.3 Å². The van der Waals surface area contributed by atoms with E-state index in [0.29, 0.717) is 12.8 Å². The molecule has 1 amide bonds. The molecule has 0 saturated carbocycles. The normalized spacial score (nSPS) is 36.9. The van der Waals surface area contributed by atoms with Crippen molar-refractivity contribution in [2.24, 2.45) is 16.6 Å². The lowest BCUT2D eigenvalue weighted by atomic mass is 9.63. The second-order valence-electron chi connectivity index (χ2n) is 5.98. The molecule has 102 valence electrons. The summed E-state index contributed by atoms with van der Waals surface area (Å²) in [6.07, 6.45) is 2.41. The Bertz CT molecular complexity index is 534. The number of carbonyl (C=O) groups excluding carboxylic acids is 2. The third kappa shape index (κ3) is 1.76. The molecule has 0 aromatic rings. The van der Waals surface area contributed by atoms with Crippen LogP contribution in [0.4, 0.5) is 0 Å². The molecule has 0 aromatic heterocycles. The van der Waals surface area contributed by atoms with E-state index in [2.05, 4.69) is 0 Å². The minimum atomic E-state index is -1.87. The molecular formula is C13H16N2O3S. The van der Waals surface area contributed by atoms with Gasteiger partial charge in [-0.05, 0) is 17.9 Å². The second kappa shape index (κ2) is 4.01. The minimum Gasteiger partial charge on any atom is -0.513 e. The molecule has 6 heteroatoms. The van der Waals surface area contributed by atoms with E-state index in [-0.39, 0.29) is 16.9 Å². The smallest absolute Gasteiger partial charge is 0.247 e. The SMILES string of the molecule is CC1(C)CC(O)=CC2(C1)SCC(=O)C2(C#N)C(N)=O. The van der Waals surface area contributed by atoms with Crippen LogP contribution in [-0.4, -0.2) is 27.3 Å². The average Bonchev–Trinajstić information content (AvgIpc) is 2.49. The Kier molecular flexibility index (Phi) is 2.94. The molecule has 1 aliphatic heterocycles. The number of rotatable bonds is 1. The lowest BCUT2D eigenvalue weighted by molar-refractivity contribution is -0.136. The number of aliphatic hydroxyl groups is 1. The predicted octanol–water partition coefficient (Wildman–Crippen LogP) is 1.30. The monoisotopic (exact) mass is 280 g/mol. The van der Waals surface area contributed by atoms with Gasteiger partial charge in [-0.2, -0.15) is 5.26 Å². The Morgan fingerprint density at radius 1 is 1.58 bits per heavy atom. The molecule has 2 rings (SSSR count). The number of hydrogen-bond donors (Lipinski definition) is 2. The summed E-state index contributed by atoms with van der Waals surface area (Å²) in [7, 11) is 0. The fraction of sp³-hybridized carbons (Fsp3) is 0.615. The second-order valence-corrected chi connectivity index (χ2v) is 7.29. The molecule has 0 radical (unpaired) electrons. The topological polar surface area (TPSA) is 104 Å². The van der Waals surface area contributed by atoms with Gasteiger partial charge in [0.05, 0.1) is 22.3 Å². The molecule has 2 atom stereocenters. The van der Waals surface area contributed by atoms with Gasteiger partial charge in [-0.15, -0.1) is 11.8 Å². The zero-order chi connectivity index (χ0) is 14.5. The van der Waals surface area contributed by atoms with Crippen molar-refractivity contribution in [2.45, 2.75) is 31.4 Å². The van der Waals surface area contributed by atoms with Crippen molar-refractivity contribution in [2.75, 3.05) is 5.75 Å². The standard InChI is InChI=1S/C13H16N2O3S/c1-11(2)3-8(16)4-12(6-11)13(7-14,10(15)18)9(17)5-19-12/h4,16H,3,5-6H2,1-2H3,(H2,15,18). The summed E-state index contributed by atoms with van der Waals surface area (Å²) in [6, 6.07) is 1.84. The molecule has 2 aliphatic rings. The Labute approximate surface area is 115 Å². The first kappa shape index (κ1) is 13.9. The first-order valence-electron chi connectivity index (χ1n) is 5.98. The molecule has 1 aliphatic carbocycles. The maximum absolute atomic E-state index is 12.1. The van der Waals surface area contributed by atoms with Gasteiger partial charge in [0.25, 0.3) is 0 Å². The van der Waals surface area contributed by atoms with Gasteiger partial charge in [-0.3, -0.25) is 9.59 Å². The number of ketones is 1. The van der Waals surface area contributed by atoms with Crippen LogP contribution in [0.1, 0.15) is 26.7 Å². The molecule has 3 N–H and O–H groups in total. The van der Waals surface area contributed by atoms with Crippen LogP contribution < -0.4 is 5.73 Å². The van der Waals surface area contributed by atoms with Crippen LogP contribution in [0, 0.1) is 22.2 Å². The fourth-order valence-corrected chi connectivity index (χ4v) is 4.97. The van der Waals surface area contributed by atoms with Crippen LogP contribution in [0.3, 0.4) is 0 Å². The van der Waals surface area contributed by atoms with Gasteiger partial charge in [-0.1, -0.05) is 13.8 Å². The Hall–Kier alpha value is -1.48. The maximum atomic E-state index is 12.1. The van der Waals surface area contributed by atoms with Gasteiger partial charge >= 0.3 is 0 Å². The van der Waals surface area contributed by atoms with Crippen LogP contribution in [0.2, 0.25) is 0 Å². The van der Waals surface area contributed by atoms with Crippen LogP contribution >= 0.6 is 11.8 Å². The van der Waals surface area contributed by atoms with Crippen molar-refractivity contribution in [3.05, 3.63) is 11.8 Å². The first-order chi connectivity index (χ1) is 8.69. The molecule has 1 fully saturated rings. The lowest BCUT2D eigenvalue weighted by Crippen LogP contribution is -2.55. The number of nitrogens with two attached hydrogens (primary N) is 1. The molecule has 1 heterocycles. The van der Waals surface area contributed by atoms with Crippen molar-refractivity contribution in [1.29, 1.82) is 5.26 Å². The number of amides is 1. The molecule has 1 spiro atoms. The fourth-order valence-electron chi connectivity index (χ4n) is 3.17. The molecule has 0 aromatic carbocycles. The van der Waals surface area contributed by atoms with Gasteiger partial charge in [-0.25, -0.2) is 0 Å². The van der Waals surface area contributed by atoms with E-state index in [0.717, 1.165) is 0 Å². The Morgan fingerprint density at radius 2 is 2.21 bits per heavy atom. The molecule has 19 heavy (non-hydrogen) atoms. The van der Waals surface area contributed by atoms with E-state index < -0.39 is 21.9 Å². The number of carbonyl (C=O) groups is 2. The predicted molar refractivity (Wildman–Crippen MR) is 71.2 cm³/mol. The van der Waals surface area contributed by atoms with Crippen LogP contribution in [0.5, 0.6) is 0 Å². The van der Waals surface area contributed by atoms with E-state index in [9.17, 15) is 20.0 Å². The summed E-state index contributed by atoms with van der Waals surface area (Å²) in [5.41, 5.74) is 3.20. The number of primary amides is 1. The number of allylic oxidation sites excluding steroid dienone is 1. The molecular weight excluding hydrogens is 264 g/mol. The van der Waals surface area contributed by atoms with E-state index in [1.165, 1.54) is 17.8 Å². The highest BCUT2D eigenvalue weighted by molar-refractivity contribution is 8.02. The lowest BCUT2D eigenvalue weighted by Gasteiger charge is -2.43. The van der Waals surface area contributed by atoms with Crippen molar-refractivity contribution < 1.29 is 14.7 Å². The van der Waals surface area contributed by atoms with Crippen molar-refractivity contribution in [3.63, 3.8) is 0 Å². The molecule has 2 unspecified atom stereocenters. The van der Waals surface area contributed by atoms with Gasteiger partial charge in [0.15, 0.2) is 5.78 Å². The number of thioether (sulfide) groups is 1. The summed E-state index contributed by atoms with van der Waals surface area (Å²) in [5.74, 6) is -1.21. The van der Waals surface area contributed by atoms with E-state index in [1.54, 1.807) is 0 Å². The van der Waals surface area contributed by atoms with Crippen LogP contribution in [-0.2, 0) is 9.59 Å². The van der Waals surface area contributed by atoms with Gasteiger partial charge in [0, 0.05) is 6.42 Å². The maximum Gasteiger partial charge on any atom is 0.247 e. The number of aliphatic hydroxyl groups excluding tert-OH is 1. The van der Waals surface area contributed by atoms with Crippen molar-refractivity contribution in [3.8, 4) is 6.07 Å². The minimum absolute atomic E-state index is 0.0658. The highest BCUT2D eigenvalue weighted by atomic mass is 32.2. The number of nitriles is 1. The van der Waals surface area contributed by atoms with E-state index >= 15 is 0 Å². The molecule has 1 saturated heterocycles. The number of nitrogens with zero attached hydrogens (tertiary/aromatic N) is 1. The average molecular weight is 280 g/mol. The van der Waals surface area contributed by atoms with E-state index in [1.807, 2.05) is 19.9 Å². The number of Topliss-reactive ketones (excluding diaryl/α,β-unsaturated/α-hetero) is 1. The van der Waals surface area contributed by atoms with Gasteiger partial charge in [0.1, 0.15) is 0 Å². The zero-order valence-electron chi connectivity index (χ0n) is 10.9. The van der Waals surface area contributed by atoms with Crippen LogP contribution in [0.25, 0.3) is 0 Å². The summed E-state index contributed by atoms with van der Waals surface area (Å²) in [5, 5.41) is 19.4.